The summed E-state index contributed by atoms with van der Waals surface area (Å²) >= 11 is 0.984. The van der Waals surface area contributed by atoms with Crippen molar-refractivity contribution >= 4 is 28.4 Å². The average Bonchev–Trinajstić information content (AvgIpc) is 2.53. The van der Waals surface area contributed by atoms with Gasteiger partial charge in [-0.1, -0.05) is 0 Å². The summed E-state index contributed by atoms with van der Waals surface area (Å²) in [7, 11) is 0. The number of carbonyl (C=O) groups is 2. The number of carbonyl (C=O) groups excluding carboxylic acids is 1. The van der Waals surface area contributed by atoms with Crippen LogP contribution in [0.3, 0.4) is 0 Å². The first-order valence-electron chi connectivity index (χ1n) is 3.90. The predicted molar refractivity (Wildman–Crippen MR) is 51.9 cm³/mol. The Morgan fingerprint density at radius 1 is 1.57 bits per heavy atom. The minimum Gasteiger partial charge on any atom is -0.477 e. The van der Waals surface area contributed by atoms with Crippen LogP contribution >= 0.6 is 11.3 Å². The second-order valence-corrected chi connectivity index (χ2v) is 3.40. The monoisotopic (exact) mass is 215 g/mol. The van der Waals surface area contributed by atoms with Crippen LogP contribution in [-0.4, -0.2) is 23.8 Å². The highest BCUT2D eigenvalue weighted by Gasteiger charge is 2.08. The lowest BCUT2D eigenvalue weighted by Crippen LogP contribution is -2.12. The minimum atomic E-state index is -1.01. The molecule has 0 atom stereocenters. The molecule has 2 N–H and O–H groups in total. The van der Waals surface area contributed by atoms with Crippen LogP contribution in [0.2, 0.25) is 0 Å². The standard InChI is InChI=1S/C8H9NO4S/c1-2-13-8(12)9-6-4-3-5(14-6)7(10)11/h3-4H,2H2,1H3,(H,9,12)(H,10,11). The molecule has 1 amide bonds. The molecule has 1 aromatic rings. The van der Waals surface area contributed by atoms with E-state index in [1.807, 2.05) is 0 Å². The predicted octanol–water partition coefficient (Wildman–Crippen LogP) is 2.01. The van der Waals surface area contributed by atoms with E-state index in [1.165, 1.54) is 12.1 Å². The first kappa shape index (κ1) is 10.5. The van der Waals surface area contributed by atoms with Crippen molar-refractivity contribution in [2.75, 3.05) is 11.9 Å². The second-order valence-electron chi connectivity index (χ2n) is 2.31. The van der Waals surface area contributed by atoms with Gasteiger partial charge in [-0.15, -0.1) is 11.3 Å². The Bertz CT molecular complexity index is 347. The van der Waals surface area contributed by atoms with Crippen LogP contribution in [0, 0.1) is 0 Å². The average molecular weight is 215 g/mol. The molecule has 0 aromatic carbocycles. The highest BCUT2D eigenvalue weighted by atomic mass is 32.1. The van der Waals surface area contributed by atoms with Gasteiger partial charge in [-0.05, 0) is 19.1 Å². The van der Waals surface area contributed by atoms with E-state index >= 15 is 0 Å². The fraction of sp³-hybridized carbons (Fsp3) is 0.250. The maximum absolute atomic E-state index is 10.9. The fourth-order valence-electron chi connectivity index (χ4n) is 0.788. The molecule has 1 aromatic heterocycles. The van der Waals surface area contributed by atoms with Gasteiger partial charge in [0.05, 0.1) is 11.6 Å². The Hall–Kier alpha value is -1.56. The zero-order valence-corrected chi connectivity index (χ0v) is 8.26. The van der Waals surface area contributed by atoms with Gasteiger partial charge in [-0.2, -0.15) is 0 Å². The number of aromatic carboxylic acids is 1. The summed E-state index contributed by atoms with van der Waals surface area (Å²) in [5.74, 6) is -1.01. The first-order chi connectivity index (χ1) is 6.63. The van der Waals surface area contributed by atoms with E-state index < -0.39 is 12.1 Å². The van der Waals surface area contributed by atoms with Gasteiger partial charge in [0.2, 0.25) is 0 Å². The van der Waals surface area contributed by atoms with E-state index in [2.05, 4.69) is 10.1 Å². The van der Waals surface area contributed by atoms with E-state index in [-0.39, 0.29) is 11.5 Å². The van der Waals surface area contributed by atoms with Crippen LogP contribution in [0.15, 0.2) is 12.1 Å². The highest BCUT2D eigenvalue weighted by Crippen LogP contribution is 2.21. The van der Waals surface area contributed by atoms with Gasteiger partial charge in [-0.25, -0.2) is 9.59 Å². The minimum absolute atomic E-state index is 0.178. The number of hydrogen-bond acceptors (Lipinski definition) is 4. The van der Waals surface area contributed by atoms with E-state index in [0.717, 1.165) is 11.3 Å². The number of anilines is 1. The van der Waals surface area contributed by atoms with Crippen molar-refractivity contribution in [2.45, 2.75) is 6.92 Å². The zero-order valence-electron chi connectivity index (χ0n) is 7.44. The molecule has 14 heavy (non-hydrogen) atoms. The molecule has 76 valence electrons. The normalized spacial score (nSPS) is 9.50. The molecule has 0 aliphatic rings. The van der Waals surface area contributed by atoms with Crippen LogP contribution in [-0.2, 0) is 4.74 Å². The van der Waals surface area contributed by atoms with Gasteiger partial charge in [-0.3, -0.25) is 5.32 Å². The number of hydrogen-bond donors (Lipinski definition) is 2. The molecule has 0 spiro atoms. The summed E-state index contributed by atoms with van der Waals surface area (Å²) in [6, 6.07) is 2.94. The molecule has 1 rings (SSSR count). The largest absolute Gasteiger partial charge is 0.477 e. The number of nitrogens with one attached hydrogen (secondary N) is 1. The molecule has 0 fully saturated rings. The fourth-order valence-corrected chi connectivity index (χ4v) is 1.52. The first-order valence-corrected chi connectivity index (χ1v) is 4.72. The number of carboxylic acid groups (broad SMARTS) is 1. The summed E-state index contributed by atoms with van der Waals surface area (Å²) in [5.41, 5.74) is 0. The third-order valence-electron chi connectivity index (χ3n) is 1.32. The number of thiophene rings is 1. The molecule has 0 aliphatic heterocycles. The summed E-state index contributed by atoms with van der Waals surface area (Å²) in [6.07, 6.45) is -0.578. The summed E-state index contributed by atoms with van der Waals surface area (Å²) < 4.78 is 4.62. The molecule has 0 saturated heterocycles. The Balaban J connectivity index is 2.59. The van der Waals surface area contributed by atoms with Crippen LogP contribution in [0.25, 0.3) is 0 Å². The van der Waals surface area contributed by atoms with Gasteiger partial charge < -0.3 is 9.84 Å². The highest BCUT2D eigenvalue weighted by molar-refractivity contribution is 7.18. The third-order valence-corrected chi connectivity index (χ3v) is 2.31. The SMILES string of the molecule is CCOC(=O)Nc1ccc(C(=O)O)s1. The van der Waals surface area contributed by atoms with Crippen LogP contribution in [0.1, 0.15) is 16.6 Å². The van der Waals surface area contributed by atoms with Crippen LogP contribution < -0.4 is 5.32 Å². The molecule has 1 heterocycles. The molecule has 0 saturated carbocycles. The van der Waals surface area contributed by atoms with Gasteiger partial charge in [0.25, 0.3) is 0 Å². The number of rotatable bonds is 3. The van der Waals surface area contributed by atoms with Crippen molar-refractivity contribution < 1.29 is 19.4 Å². The zero-order chi connectivity index (χ0) is 10.6. The quantitative estimate of drug-likeness (QED) is 0.808. The molecule has 6 heteroatoms. The van der Waals surface area contributed by atoms with Crippen LogP contribution in [0.4, 0.5) is 9.80 Å². The number of amides is 1. The van der Waals surface area contributed by atoms with Crippen molar-refractivity contribution in [1.29, 1.82) is 0 Å². The van der Waals surface area contributed by atoms with Gasteiger partial charge in [0.15, 0.2) is 0 Å². The van der Waals surface area contributed by atoms with E-state index in [0.29, 0.717) is 5.00 Å². The molecular formula is C8H9NO4S. The molecule has 0 radical (unpaired) electrons. The van der Waals surface area contributed by atoms with E-state index in [9.17, 15) is 9.59 Å². The van der Waals surface area contributed by atoms with Crippen molar-refractivity contribution in [3.63, 3.8) is 0 Å². The Morgan fingerprint density at radius 2 is 2.29 bits per heavy atom. The van der Waals surface area contributed by atoms with Gasteiger partial charge in [0.1, 0.15) is 4.88 Å². The lowest BCUT2D eigenvalue weighted by atomic mass is 10.5. The van der Waals surface area contributed by atoms with E-state index in [1.54, 1.807) is 6.92 Å². The van der Waals surface area contributed by atoms with E-state index in [4.69, 9.17) is 5.11 Å². The lowest BCUT2D eigenvalue weighted by molar-refractivity contribution is 0.0702. The summed E-state index contributed by atoms with van der Waals surface area (Å²) in [5, 5.41) is 11.5. The third kappa shape index (κ3) is 2.74. The maximum Gasteiger partial charge on any atom is 0.412 e. The van der Waals surface area contributed by atoms with Crippen molar-refractivity contribution in [3.05, 3.63) is 17.0 Å². The number of carboxylic acids is 1. The Labute approximate surface area is 84.3 Å². The Morgan fingerprint density at radius 3 is 2.79 bits per heavy atom. The molecule has 0 bridgehead atoms. The van der Waals surface area contributed by atoms with Gasteiger partial charge in [0, 0.05) is 0 Å². The topological polar surface area (TPSA) is 75.6 Å². The molecule has 5 nitrogen and oxygen atoms in total. The Kier molecular flexibility index (Phi) is 3.47. The van der Waals surface area contributed by atoms with Crippen molar-refractivity contribution in [2.24, 2.45) is 0 Å². The summed E-state index contributed by atoms with van der Waals surface area (Å²) in [6.45, 7) is 1.97. The number of ether oxygens (including phenoxy) is 1. The van der Waals surface area contributed by atoms with Crippen molar-refractivity contribution in [3.8, 4) is 0 Å². The smallest absolute Gasteiger partial charge is 0.412 e. The molecular weight excluding hydrogens is 206 g/mol. The molecule has 0 aliphatic carbocycles. The maximum atomic E-state index is 10.9. The summed E-state index contributed by atoms with van der Waals surface area (Å²) in [4.78, 5) is 21.6. The van der Waals surface area contributed by atoms with Crippen LogP contribution in [0.5, 0.6) is 0 Å². The molecule has 0 unspecified atom stereocenters. The van der Waals surface area contributed by atoms with Gasteiger partial charge >= 0.3 is 12.1 Å². The van der Waals surface area contributed by atoms with Crippen molar-refractivity contribution in [1.82, 2.24) is 0 Å². The lowest BCUT2D eigenvalue weighted by Gasteiger charge is -2.00. The second kappa shape index (κ2) is 4.61.